The molecule has 166 valence electrons. The fourth-order valence-corrected chi connectivity index (χ4v) is 6.60. The fraction of sp³-hybridized carbons (Fsp3) is 0.550. The number of aromatic nitrogens is 1. The van der Waals surface area contributed by atoms with E-state index in [1.807, 2.05) is 13.8 Å². The maximum absolute atomic E-state index is 12.2. The Morgan fingerprint density at radius 1 is 1.17 bits per heavy atom. The van der Waals surface area contributed by atoms with E-state index >= 15 is 0 Å². The molecular formula is C20H28N2O5S3. The lowest BCUT2D eigenvalue weighted by atomic mass is 9.93. The van der Waals surface area contributed by atoms with Gasteiger partial charge in [0.15, 0.2) is 9.84 Å². The van der Waals surface area contributed by atoms with E-state index in [2.05, 4.69) is 4.98 Å². The van der Waals surface area contributed by atoms with E-state index in [4.69, 9.17) is 4.74 Å². The van der Waals surface area contributed by atoms with E-state index in [0.717, 1.165) is 23.3 Å². The predicted molar refractivity (Wildman–Crippen MR) is 119 cm³/mol. The van der Waals surface area contributed by atoms with E-state index < -0.39 is 19.9 Å². The molecule has 0 radical (unpaired) electrons. The van der Waals surface area contributed by atoms with Crippen molar-refractivity contribution < 1.29 is 21.6 Å². The van der Waals surface area contributed by atoms with Crippen LogP contribution < -0.4 is 4.74 Å². The second kappa shape index (κ2) is 9.33. The lowest BCUT2D eigenvalue weighted by Crippen LogP contribution is -2.42. The number of hydrogen-bond donors (Lipinski definition) is 0. The topological polar surface area (TPSA) is 93.6 Å². The van der Waals surface area contributed by atoms with Crippen molar-refractivity contribution in [3.05, 3.63) is 30.5 Å². The van der Waals surface area contributed by atoms with Crippen LogP contribution in [0.1, 0.15) is 33.1 Å². The Morgan fingerprint density at radius 2 is 1.80 bits per heavy atom. The van der Waals surface area contributed by atoms with Gasteiger partial charge in [-0.15, -0.1) is 0 Å². The van der Waals surface area contributed by atoms with Crippen LogP contribution in [0.5, 0.6) is 5.19 Å². The average Bonchev–Trinajstić information content (AvgIpc) is 3.16. The molecule has 0 saturated carbocycles. The van der Waals surface area contributed by atoms with Crippen molar-refractivity contribution in [3.8, 4) is 15.6 Å². The zero-order valence-corrected chi connectivity index (χ0v) is 19.9. The molecule has 1 aromatic heterocycles. The van der Waals surface area contributed by atoms with Gasteiger partial charge in [-0.2, -0.15) is 0 Å². The van der Waals surface area contributed by atoms with Crippen LogP contribution in [-0.2, 0) is 19.9 Å². The van der Waals surface area contributed by atoms with Gasteiger partial charge < -0.3 is 4.74 Å². The summed E-state index contributed by atoms with van der Waals surface area (Å²) >= 11 is 1.41. The standard InChI is InChI=1S/C20H28N2O5S3/c1-4-13-30(25,26)22-11-9-16(10-12-22)15(2)27-20-21-14-19(28-20)17-5-7-18(8-6-17)29(3,23)24/h5-8,14-16H,4,9-13H2,1-3H3. The Morgan fingerprint density at radius 3 is 2.37 bits per heavy atom. The number of nitrogens with zero attached hydrogens (tertiary/aromatic N) is 2. The van der Waals surface area contributed by atoms with Gasteiger partial charge >= 0.3 is 0 Å². The van der Waals surface area contributed by atoms with Gasteiger partial charge in [0.05, 0.1) is 15.5 Å². The average molecular weight is 473 g/mol. The molecule has 30 heavy (non-hydrogen) atoms. The van der Waals surface area contributed by atoms with Gasteiger partial charge in [-0.25, -0.2) is 26.1 Å². The molecule has 1 saturated heterocycles. The minimum Gasteiger partial charge on any atom is -0.467 e. The van der Waals surface area contributed by atoms with Crippen molar-refractivity contribution >= 4 is 31.2 Å². The molecule has 1 fully saturated rings. The molecule has 0 spiro atoms. The SMILES string of the molecule is CCCS(=O)(=O)N1CCC(C(C)Oc2ncc(-c3ccc(S(C)(=O)=O)cc3)s2)CC1. The van der Waals surface area contributed by atoms with Crippen molar-refractivity contribution in [2.45, 2.75) is 44.1 Å². The Kier molecular flexibility index (Phi) is 7.21. The zero-order chi connectivity index (χ0) is 21.9. The molecule has 1 aliphatic rings. The van der Waals surface area contributed by atoms with Crippen molar-refractivity contribution in [1.29, 1.82) is 0 Å². The van der Waals surface area contributed by atoms with E-state index in [1.54, 1.807) is 34.8 Å². The summed E-state index contributed by atoms with van der Waals surface area (Å²) in [6.45, 7) is 4.96. The smallest absolute Gasteiger partial charge is 0.273 e. The van der Waals surface area contributed by atoms with Crippen molar-refractivity contribution in [1.82, 2.24) is 9.29 Å². The molecule has 1 aliphatic heterocycles. The number of ether oxygens (including phenoxy) is 1. The van der Waals surface area contributed by atoms with Gasteiger partial charge in [0.1, 0.15) is 6.10 Å². The first-order chi connectivity index (χ1) is 14.1. The quantitative estimate of drug-likeness (QED) is 0.584. The van der Waals surface area contributed by atoms with E-state index in [-0.39, 0.29) is 22.7 Å². The van der Waals surface area contributed by atoms with Crippen LogP contribution >= 0.6 is 11.3 Å². The summed E-state index contributed by atoms with van der Waals surface area (Å²) < 4.78 is 55.3. The fourth-order valence-electron chi connectivity index (χ4n) is 3.58. The third-order valence-corrected chi connectivity index (χ3v) is 9.50. The molecule has 2 heterocycles. The molecule has 1 unspecified atom stereocenters. The Hall–Kier alpha value is -1.49. The predicted octanol–water partition coefficient (Wildman–Crippen LogP) is 3.43. The molecule has 0 aliphatic carbocycles. The number of thiazole rings is 1. The summed E-state index contributed by atoms with van der Waals surface area (Å²) in [5.41, 5.74) is 0.886. The number of piperidine rings is 1. The lowest BCUT2D eigenvalue weighted by molar-refractivity contribution is 0.111. The first kappa shape index (κ1) is 23.2. The van der Waals surface area contributed by atoms with Gasteiger partial charge in [-0.1, -0.05) is 30.4 Å². The van der Waals surface area contributed by atoms with Crippen molar-refractivity contribution in [3.63, 3.8) is 0 Å². The third kappa shape index (κ3) is 5.60. The van der Waals surface area contributed by atoms with Crippen LogP contribution in [0, 0.1) is 5.92 Å². The van der Waals surface area contributed by atoms with Gasteiger partial charge in [0, 0.05) is 25.5 Å². The number of hydrogen-bond acceptors (Lipinski definition) is 7. The molecule has 2 aromatic rings. The molecule has 7 nitrogen and oxygen atoms in total. The highest BCUT2D eigenvalue weighted by molar-refractivity contribution is 7.90. The number of sulfonamides is 1. The zero-order valence-electron chi connectivity index (χ0n) is 17.4. The molecule has 10 heteroatoms. The van der Waals surface area contributed by atoms with Gasteiger partial charge in [0.25, 0.3) is 5.19 Å². The van der Waals surface area contributed by atoms with Crippen LogP contribution in [0.3, 0.4) is 0 Å². The lowest BCUT2D eigenvalue weighted by Gasteiger charge is -2.33. The highest BCUT2D eigenvalue weighted by atomic mass is 32.2. The largest absolute Gasteiger partial charge is 0.467 e. The maximum Gasteiger partial charge on any atom is 0.273 e. The third-order valence-electron chi connectivity index (χ3n) is 5.36. The molecule has 1 atom stereocenters. The first-order valence-electron chi connectivity index (χ1n) is 10.0. The van der Waals surface area contributed by atoms with Gasteiger partial charge in [-0.3, -0.25) is 0 Å². The number of rotatable bonds is 8. The monoisotopic (exact) mass is 472 g/mol. The van der Waals surface area contributed by atoms with Crippen molar-refractivity contribution in [2.75, 3.05) is 25.1 Å². The number of benzene rings is 1. The summed E-state index contributed by atoms with van der Waals surface area (Å²) in [7, 11) is -6.36. The van der Waals surface area contributed by atoms with E-state index in [1.165, 1.54) is 17.6 Å². The normalized spacial score (nSPS) is 17.7. The molecule has 0 bridgehead atoms. The summed E-state index contributed by atoms with van der Waals surface area (Å²) in [5, 5.41) is 0.561. The number of sulfone groups is 1. The maximum atomic E-state index is 12.2. The Bertz CT molecular complexity index is 1050. The van der Waals surface area contributed by atoms with E-state index in [0.29, 0.717) is 24.7 Å². The molecule has 1 aromatic carbocycles. The molecule has 3 rings (SSSR count). The van der Waals surface area contributed by atoms with Crippen LogP contribution in [0.25, 0.3) is 10.4 Å². The Balaban J connectivity index is 1.58. The van der Waals surface area contributed by atoms with Gasteiger partial charge in [-0.05, 0) is 49.8 Å². The minimum atomic E-state index is -3.22. The summed E-state index contributed by atoms with van der Waals surface area (Å²) in [6.07, 6.45) is 5.02. The molecule has 0 amide bonds. The first-order valence-corrected chi connectivity index (χ1v) is 14.3. The van der Waals surface area contributed by atoms with Crippen molar-refractivity contribution in [2.24, 2.45) is 5.92 Å². The second-order valence-electron chi connectivity index (χ2n) is 7.66. The Labute approximate surface area is 183 Å². The van der Waals surface area contributed by atoms with Gasteiger partial charge in [0.2, 0.25) is 10.0 Å². The second-order valence-corrected chi connectivity index (χ2v) is 12.8. The van der Waals surface area contributed by atoms with Crippen LogP contribution in [0.2, 0.25) is 0 Å². The van der Waals surface area contributed by atoms with Crippen LogP contribution in [0.4, 0.5) is 0 Å². The molecular weight excluding hydrogens is 444 g/mol. The van der Waals surface area contributed by atoms with E-state index in [9.17, 15) is 16.8 Å². The summed E-state index contributed by atoms with van der Waals surface area (Å²) in [5.74, 6) is 0.482. The highest BCUT2D eigenvalue weighted by Gasteiger charge is 2.30. The molecule has 0 N–H and O–H groups in total. The highest BCUT2D eigenvalue weighted by Crippen LogP contribution is 2.33. The van der Waals surface area contributed by atoms with Crippen LogP contribution in [0.15, 0.2) is 35.4 Å². The minimum absolute atomic E-state index is 0.0624. The summed E-state index contributed by atoms with van der Waals surface area (Å²) in [4.78, 5) is 5.53. The van der Waals surface area contributed by atoms with Crippen LogP contribution in [-0.4, -0.2) is 57.3 Å². The summed E-state index contributed by atoms with van der Waals surface area (Å²) in [6, 6.07) is 6.72.